The van der Waals surface area contributed by atoms with E-state index in [1.54, 1.807) is 0 Å². The van der Waals surface area contributed by atoms with Crippen LogP contribution in [0.25, 0.3) is 24.6 Å². The molecule has 98 valence electrons. The number of hydrogen-bond acceptors (Lipinski definition) is 0. The monoisotopic (exact) mass is 540 g/mol. The molecule has 0 bridgehead atoms. The minimum absolute atomic E-state index is 0. The predicted molar refractivity (Wildman–Crippen MR) is 59.6 cm³/mol. The summed E-state index contributed by atoms with van der Waals surface area (Å²) in [5.74, 6) is 0. The Kier molecular flexibility index (Phi) is 145000. The van der Waals surface area contributed by atoms with Gasteiger partial charge in [0.1, 0.15) is 0 Å². The normalized spacial score (nSPS) is 0. The van der Waals surface area contributed by atoms with Gasteiger partial charge < -0.3 is 69.2 Å². The fourth-order valence-electron chi connectivity index (χ4n) is 0. The summed E-state index contributed by atoms with van der Waals surface area (Å²) >= 11 is 0. The quantitative estimate of drug-likeness (QED) is 0.357. The van der Waals surface area contributed by atoms with Gasteiger partial charge in [-0.05, 0) is 0 Å². The second kappa shape index (κ2) is 1160. The van der Waals surface area contributed by atoms with E-state index in [2.05, 4.69) is 0 Å². The molecule has 0 aromatic heterocycles. The fourth-order valence-corrected chi connectivity index (χ4v) is 0. The molecule has 0 amide bonds. The van der Waals surface area contributed by atoms with Crippen LogP contribution in [-0.2, 0) is 40.2 Å². The van der Waals surface area contributed by atoms with E-state index in [1.165, 1.54) is 0 Å². The van der Waals surface area contributed by atoms with Gasteiger partial charge in [-0.3, -0.25) is 0 Å². The van der Waals surface area contributed by atoms with E-state index in [1.807, 2.05) is 0 Å². The first kappa shape index (κ1) is 1490. The van der Waals surface area contributed by atoms with Gasteiger partial charge >= 0.3 is 0 Å². The first-order chi connectivity index (χ1) is 0. The molecule has 0 aliphatic heterocycles. The maximum Gasteiger partial charge on any atom is 0 e. The van der Waals surface area contributed by atoms with Crippen LogP contribution >= 0.6 is 0 Å². The molecule has 0 heterocycles. The average Bonchev–Trinajstić information content (AvgIpc) is 0. The third-order valence-corrected chi connectivity index (χ3v) is 0. The maximum atomic E-state index is 0. The van der Waals surface area contributed by atoms with Crippen molar-refractivity contribution in [2.45, 2.75) is 0 Å². The van der Waals surface area contributed by atoms with Crippen molar-refractivity contribution in [1.82, 2.24) is 0 Å². The van der Waals surface area contributed by atoms with Crippen LogP contribution in [0.15, 0.2) is 0 Å². The van der Waals surface area contributed by atoms with Gasteiger partial charge in [0.05, 0.1) is 0 Å². The minimum atomic E-state index is 0. The minimum Gasteiger partial charge on any atom is -0.693 e. The molecule has 6 heteroatoms. The molecule has 4 nitrogen and oxygen atoms in total. The topological polar surface area (TPSA) is 134 Å². The molecule has 0 unspecified atom stereocenters. The largest absolute Gasteiger partial charge is 0.693 e. The van der Waals surface area contributed by atoms with Gasteiger partial charge in [0.15, 0.2) is 0 Å². The van der Waals surface area contributed by atoms with Crippen molar-refractivity contribution in [1.29, 1.82) is 0 Å². The molecule has 0 fully saturated rings. The van der Waals surface area contributed by atoms with Crippen LogP contribution in [0, 0.1) is 44.6 Å². The molecular weight excluding hydrogens is 513 g/mol. The molecule has 0 spiro atoms. The third kappa shape index (κ3) is 883. The second-order valence-electron chi connectivity index (χ2n) is 0. The number of hydrogen-bond donors (Lipinski definition) is 0. The summed E-state index contributed by atoms with van der Waals surface area (Å²) in [7, 11) is 0. The smallest absolute Gasteiger partial charge is 0 e. The summed E-state index contributed by atoms with van der Waals surface area (Å²) < 4.78 is 0. The van der Waals surface area contributed by atoms with Crippen molar-refractivity contribution in [2.24, 2.45) is 0 Å². The Morgan fingerprint density at radius 2 is 0.250 bits per heavy atom. The molecule has 0 aromatic rings. The molecule has 0 aliphatic rings. The van der Waals surface area contributed by atoms with Gasteiger partial charge in [0.2, 0.25) is 0 Å². The van der Waals surface area contributed by atoms with Gasteiger partial charge in [0, 0.05) is 40.2 Å². The predicted octanol–water partition coefficient (Wildman–Crippen LogP) is 5.57. The fraction of sp³-hybridized carbons (Fsp3) is 0. The van der Waals surface area contributed by atoms with E-state index >= 15 is 0 Å². The summed E-state index contributed by atoms with van der Waals surface area (Å²) in [5.41, 5.74) is 0. The van der Waals surface area contributed by atoms with Crippen LogP contribution in [-0.4, -0.2) is 0 Å². The molecule has 8 N–H and O–H groups in total. The van der Waals surface area contributed by atoms with Gasteiger partial charge in [-0.1, -0.05) is 0 Å². The van der Waals surface area contributed by atoms with Crippen LogP contribution in [0.3, 0.4) is 0 Å². The number of nitrogens with two attached hydrogens (primary N) is 4. The van der Waals surface area contributed by atoms with E-state index in [4.69, 9.17) is 0 Å². The Balaban J connectivity index is 0. The van der Waals surface area contributed by atoms with Crippen molar-refractivity contribution in [3.63, 3.8) is 0 Å². The second-order valence-corrected chi connectivity index (χ2v) is 0. The Labute approximate surface area is 109 Å². The van der Waals surface area contributed by atoms with E-state index < -0.39 is 0 Å². The van der Waals surface area contributed by atoms with E-state index in [-0.39, 0.29) is 109 Å². The van der Waals surface area contributed by atoms with Gasteiger partial charge in [-0.25, -0.2) is 0 Å². The van der Waals surface area contributed by atoms with Crippen molar-refractivity contribution in [3.05, 3.63) is 69.2 Å². The van der Waals surface area contributed by atoms with Crippen molar-refractivity contribution < 1.29 is 40.2 Å². The van der Waals surface area contributed by atoms with Gasteiger partial charge in [-0.15, -0.1) is 0 Å². The van der Waals surface area contributed by atoms with E-state index in [0.717, 1.165) is 0 Å². The van der Waals surface area contributed by atoms with Gasteiger partial charge in [-0.2, -0.15) is 0 Å². The summed E-state index contributed by atoms with van der Waals surface area (Å²) in [5, 5.41) is 0. The molecule has 0 atom stereocenters. The Bertz CT molecular complexity index is 17.5. The molecule has 0 saturated carbocycles. The maximum absolute atomic E-state index is 0. The standard InChI is InChI=1S/6CH3.2Ir.4H2N/h6*1H3;;;4*1H2/q6*-1;;;4*-1. The first-order valence-corrected chi connectivity index (χ1v) is 0. The molecule has 12 heavy (non-hydrogen) atoms. The van der Waals surface area contributed by atoms with Crippen LogP contribution in [0.2, 0.25) is 0 Å². The van der Waals surface area contributed by atoms with Crippen LogP contribution in [0.1, 0.15) is 0 Å². The summed E-state index contributed by atoms with van der Waals surface area (Å²) in [6, 6.07) is 0. The molecule has 0 rings (SSSR count). The molecule has 0 aliphatic carbocycles. The molecule has 2 radical (unpaired) electrons. The summed E-state index contributed by atoms with van der Waals surface area (Å²) in [4.78, 5) is 0. The van der Waals surface area contributed by atoms with Crippen LogP contribution in [0.4, 0.5) is 0 Å². The molecule has 0 saturated heterocycles. The third-order valence-electron chi connectivity index (χ3n) is 0. The van der Waals surface area contributed by atoms with Crippen molar-refractivity contribution >= 4 is 0 Å². The Morgan fingerprint density at radius 3 is 0.250 bits per heavy atom. The SMILES string of the molecule is [CH3-].[CH3-].[CH3-].[CH3-].[CH3-].[CH3-].[Ir].[Ir].[NH2-].[NH2-].[NH2-].[NH2-]. The summed E-state index contributed by atoms with van der Waals surface area (Å²) in [6.45, 7) is 0. The van der Waals surface area contributed by atoms with Crippen LogP contribution < -0.4 is 0 Å². The summed E-state index contributed by atoms with van der Waals surface area (Å²) in [6.07, 6.45) is 0. The Hall–Kier alpha value is 1.14. The van der Waals surface area contributed by atoms with Crippen molar-refractivity contribution in [2.75, 3.05) is 0 Å². The molecular formula is C6H26Ir2N4-10. The zero-order valence-electron chi connectivity index (χ0n) is 8.98. The zero-order chi connectivity index (χ0) is 0. The Morgan fingerprint density at radius 1 is 0.250 bits per heavy atom. The van der Waals surface area contributed by atoms with Crippen LogP contribution in [0.5, 0.6) is 0 Å². The van der Waals surface area contributed by atoms with E-state index in [0.29, 0.717) is 0 Å². The van der Waals surface area contributed by atoms with Crippen molar-refractivity contribution in [3.8, 4) is 0 Å². The number of rotatable bonds is 0. The first-order valence-electron chi connectivity index (χ1n) is 0. The molecule has 0 aromatic carbocycles. The zero-order valence-corrected chi connectivity index (χ0v) is 13.8. The van der Waals surface area contributed by atoms with E-state index in [9.17, 15) is 0 Å². The average molecular weight is 539 g/mol. The van der Waals surface area contributed by atoms with Gasteiger partial charge in [0.25, 0.3) is 0 Å².